The number of fused-ring (bicyclic) bond motifs is 1. The normalized spacial score (nSPS) is 15.3. The maximum Gasteiger partial charge on any atom is 0.270 e. The minimum absolute atomic E-state index is 0.00980. The van der Waals surface area contributed by atoms with Crippen molar-refractivity contribution in [3.8, 4) is 5.75 Å². The number of methoxy groups -OCH3 is 1. The van der Waals surface area contributed by atoms with Gasteiger partial charge in [0.15, 0.2) is 0 Å². The van der Waals surface area contributed by atoms with Gasteiger partial charge in [-0.1, -0.05) is 20.8 Å². The average molecular weight is 438 g/mol. The Morgan fingerprint density at radius 3 is 2.50 bits per heavy atom. The summed E-state index contributed by atoms with van der Waals surface area (Å²) in [6, 6.07) is 11.0. The number of rotatable bonds is 5. The maximum absolute atomic E-state index is 13.0. The third kappa shape index (κ3) is 4.70. The number of piperazine rings is 1. The van der Waals surface area contributed by atoms with Crippen LogP contribution in [0.1, 0.15) is 37.0 Å². The first-order valence-electron chi connectivity index (χ1n) is 11.0. The second-order valence-corrected chi connectivity index (χ2v) is 9.30. The largest absolute Gasteiger partial charge is 0.497 e. The molecule has 2 aromatic heterocycles. The van der Waals surface area contributed by atoms with E-state index in [1.165, 1.54) is 0 Å². The number of hydrogen-bond acceptors (Lipinski definition) is 5. The standard InChI is InChI=1S/C24H31N5O3/c1-24(2,3)21-7-8-22(30)29(26-21)14-11-27-9-12-28(13-10-27)23(31)20-15-17-5-6-18(32-4)16-19(17)25-20/h5-8,15-16,25H,9-14H2,1-4H3. The molecule has 1 aromatic carbocycles. The summed E-state index contributed by atoms with van der Waals surface area (Å²) < 4.78 is 6.81. The lowest BCUT2D eigenvalue weighted by atomic mass is 9.92. The molecule has 4 rings (SSSR count). The smallest absolute Gasteiger partial charge is 0.270 e. The molecule has 8 heteroatoms. The fourth-order valence-corrected chi connectivity index (χ4v) is 3.94. The van der Waals surface area contributed by atoms with Gasteiger partial charge in [-0.2, -0.15) is 5.10 Å². The van der Waals surface area contributed by atoms with Crippen molar-refractivity contribution in [3.63, 3.8) is 0 Å². The summed E-state index contributed by atoms with van der Waals surface area (Å²) in [6.45, 7) is 10.4. The van der Waals surface area contributed by atoms with E-state index >= 15 is 0 Å². The Labute approximate surface area is 187 Å². The van der Waals surface area contributed by atoms with Gasteiger partial charge in [0, 0.05) is 61.2 Å². The number of carbonyl (C=O) groups is 1. The molecule has 8 nitrogen and oxygen atoms in total. The van der Waals surface area contributed by atoms with Gasteiger partial charge >= 0.3 is 0 Å². The van der Waals surface area contributed by atoms with E-state index in [9.17, 15) is 9.59 Å². The topological polar surface area (TPSA) is 83.5 Å². The second kappa shape index (κ2) is 8.78. The van der Waals surface area contributed by atoms with Crippen molar-refractivity contribution in [2.24, 2.45) is 0 Å². The van der Waals surface area contributed by atoms with Crippen LogP contribution in [0.25, 0.3) is 10.9 Å². The van der Waals surface area contributed by atoms with Crippen LogP contribution in [0, 0.1) is 0 Å². The summed E-state index contributed by atoms with van der Waals surface area (Å²) in [6.07, 6.45) is 0. The zero-order valence-corrected chi connectivity index (χ0v) is 19.2. The van der Waals surface area contributed by atoms with Gasteiger partial charge in [-0.3, -0.25) is 14.5 Å². The fourth-order valence-electron chi connectivity index (χ4n) is 3.94. The summed E-state index contributed by atoms with van der Waals surface area (Å²) in [5.41, 5.74) is 2.21. The van der Waals surface area contributed by atoms with Crippen molar-refractivity contribution in [1.29, 1.82) is 0 Å². The van der Waals surface area contributed by atoms with Crippen LogP contribution in [0.5, 0.6) is 5.75 Å². The van der Waals surface area contributed by atoms with E-state index in [1.54, 1.807) is 17.9 Å². The summed E-state index contributed by atoms with van der Waals surface area (Å²) in [5.74, 6) is 0.768. The Hall–Kier alpha value is -3.13. The van der Waals surface area contributed by atoms with E-state index in [2.05, 4.69) is 35.8 Å². The number of aromatic amines is 1. The van der Waals surface area contributed by atoms with E-state index in [1.807, 2.05) is 35.2 Å². The molecule has 1 N–H and O–H groups in total. The highest BCUT2D eigenvalue weighted by Gasteiger charge is 2.23. The molecular weight excluding hydrogens is 406 g/mol. The average Bonchev–Trinajstić information content (AvgIpc) is 3.21. The highest BCUT2D eigenvalue weighted by Crippen LogP contribution is 2.22. The lowest BCUT2D eigenvalue weighted by molar-refractivity contribution is 0.0626. The zero-order valence-electron chi connectivity index (χ0n) is 19.2. The molecule has 0 bridgehead atoms. The van der Waals surface area contributed by atoms with Gasteiger partial charge in [0.25, 0.3) is 11.5 Å². The van der Waals surface area contributed by atoms with Gasteiger partial charge in [-0.25, -0.2) is 4.68 Å². The highest BCUT2D eigenvalue weighted by molar-refractivity contribution is 5.98. The molecule has 0 spiro atoms. The van der Waals surface area contributed by atoms with Gasteiger partial charge in [-0.15, -0.1) is 0 Å². The molecule has 3 heterocycles. The van der Waals surface area contributed by atoms with Gasteiger partial charge < -0.3 is 14.6 Å². The molecular formula is C24H31N5O3. The number of ether oxygens (including phenoxy) is 1. The number of H-pyrrole nitrogens is 1. The Bertz CT molecular complexity index is 1170. The van der Waals surface area contributed by atoms with Crippen LogP contribution in [0.15, 0.2) is 41.2 Å². The molecule has 1 amide bonds. The van der Waals surface area contributed by atoms with Gasteiger partial charge in [0.2, 0.25) is 0 Å². The number of amides is 1. The third-order valence-electron chi connectivity index (χ3n) is 5.98. The van der Waals surface area contributed by atoms with Gasteiger partial charge in [0.05, 0.1) is 19.3 Å². The molecule has 0 radical (unpaired) electrons. The van der Waals surface area contributed by atoms with E-state index in [-0.39, 0.29) is 16.9 Å². The molecule has 0 atom stereocenters. The number of aromatic nitrogens is 3. The van der Waals surface area contributed by atoms with E-state index in [0.717, 1.165) is 42.0 Å². The summed E-state index contributed by atoms with van der Waals surface area (Å²) in [4.78, 5) is 32.5. The quantitative estimate of drug-likeness (QED) is 0.663. The van der Waals surface area contributed by atoms with Gasteiger partial charge in [0.1, 0.15) is 11.4 Å². The highest BCUT2D eigenvalue weighted by atomic mass is 16.5. The van der Waals surface area contributed by atoms with Crippen LogP contribution >= 0.6 is 0 Å². The molecule has 170 valence electrons. The molecule has 1 aliphatic heterocycles. The number of carbonyl (C=O) groups excluding carboxylic acids is 1. The molecule has 1 aliphatic rings. The van der Waals surface area contributed by atoms with Crippen LogP contribution in [-0.2, 0) is 12.0 Å². The van der Waals surface area contributed by atoms with Crippen molar-refractivity contribution < 1.29 is 9.53 Å². The first kappa shape index (κ1) is 22.1. The Morgan fingerprint density at radius 2 is 1.81 bits per heavy atom. The monoisotopic (exact) mass is 437 g/mol. The lowest BCUT2D eigenvalue weighted by Gasteiger charge is -2.34. The molecule has 3 aromatic rings. The Morgan fingerprint density at radius 1 is 1.06 bits per heavy atom. The molecule has 1 saturated heterocycles. The van der Waals surface area contributed by atoms with Crippen molar-refractivity contribution >= 4 is 16.8 Å². The molecule has 0 saturated carbocycles. The van der Waals surface area contributed by atoms with Crippen molar-refractivity contribution in [2.45, 2.75) is 32.7 Å². The summed E-state index contributed by atoms with van der Waals surface area (Å²) in [5, 5.41) is 5.53. The van der Waals surface area contributed by atoms with E-state index in [0.29, 0.717) is 25.3 Å². The number of benzene rings is 1. The fraction of sp³-hybridized carbons (Fsp3) is 0.458. The molecule has 0 aliphatic carbocycles. The Balaban J connectivity index is 1.34. The number of hydrogen-bond donors (Lipinski definition) is 1. The molecule has 0 unspecified atom stereocenters. The van der Waals surface area contributed by atoms with Gasteiger partial charge in [-0.05, 0) is 24.3 Å². The minimum Gasteiger partial charge on any atom is -0.497 e. The predicted octanol–water partition coefficient (Wildman–Crippen LogP) is 2.49. The van der Waals surface area contributed by atoms with Crippen molar-refractivity contribution in [1.82, 2.24) is 24.6 Å². The van der Waals surface area contributed by atoms with Crippen LogP contribution in [0.2, 0.25) is 0 Å². The zero-order chi connectivity index (χ0) is 22.9. The first-order valence-corrected chi connectivity index (χ1v) is 11.0. The number of nitrogens with one attached hydrogen (secondary N) is 1. The van der Waals surface area contributed by atoms with Crippen LogP contribution < -0.4 is 10.3 Å². The van der Waals surface area contributed by atoms with Crippen LogP contribution in [-0.4, -0.2) is 70.3 Å². The second-order valence-electron chi connectivity index (χ2n) is 9.30. The minimum atomic E-state index is -0.102. The van der Waals surface area contributed by atoms with Crippen LogP contribution in [0.3, 0.4) is 0 Å². The maximum atomic E-state index is 13.0. The SMILES string of the molecule is COc1ccc2cc(C(=O)N3CCN(CCn4nc(C(C)(C)C)ccc4=O)CC3)[nH]c2c1. The third-order valence-corrected chi connectivity index (χ3v) is 5.98. The molecule has 1 fully saturated rings. The molecule has 32 heavy (non-hydrogen) atoms. The Kier molecular flexibility index (Phi) is 6.06. The van der Waals surface area contributed by atoms with Crippen LogP contribution in [0.4, 0.5) is 0 Å². The van der Waals surface area contributed by atoms with E-state index < -0.39 is 0 Å². The van der Waals surface area contributed by atoms with E-state index in [4.69, 9.17) is 4.74 Å². The lowest BCUT2D eigenvalue weighted by Crippen LogP contribution is -2.49. The van der Waals surface area contributed by atoms with Crippen molar-refractivity contribution in [2.75, 3.05) is 39.8 Å². The van der Waals surface area contributed by atoms with Crippen molar-refractivity contribution in [3.05, 3.63) is 58.1 Å². The summed E-state index contributed by atoms with van der Waals surface area (Å²) >= 11 is 0. The predicted molar refractivity (Wildman–Crippen MR) is 124 cm³/mol. The number of nitrogens with zero attached hydrogens (tertiary/aromatic N) is 4. The first-order chi connectivity index (χ1) is 15.2. The summed E-state index contributed by atoms with van der Waals surface area (Å²) in [7, 11) is 1.63.